The summed E-state index contributed by atoms with van der Waals surface area (Å²) in [6.45, 7) is 2.40. The van der Waals surface area contributed by atoms with Gasteiger partial charge in [0.2, 0.25) is 11.8 Å². The summed E-state index contributed by atoms with van der Waals surface area (Å²) >= 11 is 0. The van der Waals surface area contributed by atoms with Gasteiger partial charge in [-0.15, -0.1) is 0 Å². The lowest BCUT2D eigenvalue weighted by Gasteiger charge is -2.16. The summed E-state index contributed by atoms with van der Waals surface area (Å²) in [5.41, 5.74) is 13.0. The lowest BCUT2D eigenvalue weighted by Crippen LogP contribution is -2.33. The minimum atomic E-state index is -0.716. The summed E-state index contributed by atoms with van der Waals surface area (Å²) in [4.78, 5) is 31.8. The number of halogens is 2. The quantitative estimate of drug-likeness (QED) is 0.433. The van der Waals surface area contributed by atoms with Gasteiger partial charge in [0.05, 0.1) is 23.8 Å². The molecule has 2 aromatic heterocycles. The number of likely N-dealkylation sites (tertiary alicyclic amines) is 1. The van der Waals surface area contributed by atoms with Gasteiger partial charge in [-0.25, -0.2) is 13.8 Å². The fraction of sp³-hybridized carbons (Fsp3) is 0.320. The van der Waals surface area contributed by atoms with Crippen molar-refractivity contribution in [2.45, 2.75) is 44.8 Å². The number of nitrogens with zero attached hydrogens (tertiary/aromatic N) is 3. The first-order chi connectivity index (χ1) is 16.7. The molecular formula is C25H23F2N5O3. The van der Waals surface area contributed by atoms with E-state index < -0.39 is 17.7 Å². The lowest BCUT2D eigenvalue weighted by molar-refractivity contribution is -0.129. The van der Waals surface area contributed by atoms with Crippen LogP contribution in [0, 0.1) is 18.6 Å². The number of rotatable bonds is 4. The van der Waals surface area contributed by atoms with Crippen molar-refractivity contribution in [3.63, 3.8) is 0 Å². The number of pyridine rings is 1. The van der Waals surface area contributed by atoms with Crippen LogP contribution >= 0.6 is 0 Å². The molecule has 1 aliphatic heterocycles. The summed E-state index contributed by atoms with van der Waals surface area (Å²) in [5, 5.41) is 0.646. The van der Waals surface area contributed by atoms with Gasteiger partial charge in [0, 0.05) is 29.6 Å². The van der Waals surface area contributed by atoms with E-state index in [4.69, 9.17) is 15.9 Å². The third-order valence-electron chi connectivity index (χ3n) is 6.96. The first-order valence-corrected chi connectivity index (χ1v) is 11.5. The molecule has 1 atom stereocenters. The first-order valence-electron chi connectivity index (χ1n) is 11.5. The van der Waals surface area contributed by atoms with Crippen LogP contribution in [-0.2, 0) is 11.3 Å². The number of anilines is 1. The van der Waals surface area contributed by atoms with Crippen molar-refractivity contribution >= 4 is 33.6 Å². The van der Waals surface area contributed by atoms with Gasteiger partial charge >= 0.3 is 0 Å². The van der Waals surface area contributed by atoms with E-state index in [0.717, 1.165) is 25.0 Å². The highest BCUT2D eigenvalue weighted by molar-refractivity contribution is 6.04. The van der Waals surface area contributed by atoms with E-state index in [-0.39, 0.29) is 46.7 Å². The molecule has 0 bridgehead atoms. The Morgan fingerprint density at radius 3 is 2.57 bits per heavy atom. The second-order valence-electron chi connectivity index (χ2n) is 9.33. The molecule has 1 saturated carbocycles. The van der Waals surface area contributed by atoms with E-state index in [9.17, 15) is 18.4 Å². The Labute approximate surface area is 198 Å². The van der Waals surface area contributed by atoms with Gasteiger partial charge in [0.15, 0.2) is 11.1 Å². The van der Waals surface area contributed by atoms with Crippen LogP contribution < -0.4 is 17.0 Å². The van der Waals surface area contributed by atoms with E-state index >= 15 is 0 Å². The molecule has 4 N–H and O–H groups in total. The van der Waals surface area contributed by atoms with Crippen molar-refractivity contribution in [1.29, 1.82) is 0 Å². The Hall–Kier alpha value is -3.79. The van der Waals surface area contributed by atoms with Crippen LogP contribution in [0.1, 0.15) is 36.8 Å². The molecule has 8 nitrogen and oxygen atoms in total. The minimum Gasteiger partial charge on any atom is -0.438 e. The van der Waals surface area contributed by atoms with Crippen LogP contribution in [0.4, 0.5) is 14.5 Å². The SMILES string of the molecule is Cc1c(-c2cc(F)c(N)cc2F)ccc2c3oc(CN4CC[C@H](N)C4=O)nc3c(=O)n(C3CC3)c12. The maximum absolute atomic E-state index is 14.8. The second kappa shape index (κ2) is 7.61. The van der Waals surface area contributed by atoms with Crippen molar-refractivity contribution in [2.75, 3.05) is 12.3 Å². The molecule has 2 aromatic carbocycles. The van der Waals surface area contributed by atoms with E-state index in [1.54, 1.807) is 28.5 Å². The van der Waals surface area contributed by atoms with E-state index in [2.05, 4.69) is 4.98 Å². The number of amides is 1. The molecule has 35 heavy (non-hydrogen) atoms. The summed E-state index contributed by atoms with van der Waals surface area (Å²) in [7, 11) is 0. The Morgan fingerprint density at radius 2 is 1.89 bits per heavy atom. The Kier molecular flexibility index (Phi) is 4.72. The number of nitrogens with two attached hydrogens (primary N) is 2. The number of aryl methyl sites for hydroxylation is 1. The fourth-order valence-corrected chi connectivity index (χ4v) is 4.99. The predicted molar refractivity (Wildman–Crippen MR) is 127 cm³/mol. The number of carbonyl (C=O) groups is 1. The molecule has 3 heterocycles. The lowest BCUT2D eigenvalue weighted by atomic mass is 9.96. The van der Waals surface area contributed by atoms with Gasteiger partial charge in [-0.2, -0.15) is 0 Å². The number of aromatic nitrogens is 2. The molecule has 0 spiro atoms. The van der Waals surface area contributed by atoms with Crippen LogP contribution in [0.25, 0.3) is 33.1 Å². The van der Waals surface area contributed by atoms with Crippen molar-refractivity contribution in [3.05, 3.63) is 57.7 Å². The fourth-order valence-electron chi connectivity index (χ4n) is 4.99. The van der Waals surface area contributed by atoms with Gasteiger partial charge in [-0.1, -0.05) is 6.07 Å². The third-order valence-corrected chi connectivity index (χ3v) is 6.96. The largest absolute Gasteiger partial charge is 0.438 e. The monoisotopic (exact) mass is 479 g/mol. The van der Waals surface area contributed by atoms with E-state index in [0.29, 0.717) is 40.6 Å². The molecule has 180 valence electrons. The molecule has 1 aliphatic carbocycles. The number of carbonyl (C=O) groups excluding carboxylic acids is 1. The smallest absolute Gasteiger partial charge is 0.281 e. The number of oxazole rings is 1. The van der Waals surface area contributed by atoms with Crippen molar-refractivity contribution in [1.82, 2.24) is 14.5 Å². The topological polar surface area (TPSA) is 120 Å². The summed E-state index contributed by atoms with van der Waals surface area (Å²) in [6.07, 6.45) is 2.22. The zero-order valence-corrected chi connectivity index (χ0v) is 19.0. The van der Waals surface area contributed by atoms with Crippen LogP contribution in [0.3, 0.4) is 0 Å². The molecule has 0 radical (unpaired) electrons. The van der Waals surface area contributed by atoms with Gasteiger partial charge in [-0.05, 0) is 49.4 Å². The zero-order valence-electron chi connectivity index (χ0n) is 19.0. The predicted octanol–water partition coefficient (Wildman–Crippen LogP) is 3.37. The third kappa shape index (κ3) is 3.31. The molecule has 6 rings (SSSR count). The number of hydrogen-bond acceptors (Lipinski definition) is 6. The second-order valence-corrected chi connectivity index (χ2v) is 9.33. The standard InChI is InChI=1S/C25H23F2N5O3/c1-11-13(15-8-17(27)19(29)9-16(15)26)4-5-14-22(11)32(12-2-3-12)25(34)21-23(14)35-20(30-21)10-31-7-6-18(28)24(31)33/h4-5,8-9,12,18H,2-3,6-7,10,28-29H2,1H3/t18-/m0/s1. The molecule has 4 aromatic rings. The molecule has 10 heteroatoms. The van der Waals surface area contributed by atoms with Crippen LogP contribution in [0.5, 0.6) is 0 Å². The highest BCUT2D eigenvalue weighted by Crippen LogP contribution is 2.41. The van der Waals surface area contributed by atoms with Gasteiger partial charge in [0.1, 0.15) is 11.6 Å². The molecular weight excluding hydrogens is 456 g/mol. The number of benzene rings is 2. The summed E-state index contributed by atoms with van der Waals surface area (Å²) in [5.74, 6) is -1.29. The molecule has 2 fully saturated rings. The number of nitrogen functional groups attached to an aromatic ring is 1. The first kappa shape index (κ1) is 21.7. The van der Waals surface area contributed by atoms with Crippen LogP contribution in [0.2, 0.25) is 0 Å². The maximum atomic E-state index is 14.8. The minimum absolute atomic E-state index is 0.00495. The Morgan fingerprint density at radius 1 is 1.11 bits per heavy atom. The van der Waals surface area contributed by atoms with Crippen molar-refractivity contribution in [2.24, 2.45) is 5.73 Å². The van der Waals surface area contributed by atoms with Crippen LogP contribution in [-0.4, -0.2) is 32.9 Å². The van der Waals surface area contributed by atoms with Crippen molar-refractivity contribution < 1.29 is 18.0 Å². The number of fused-ring (bicyclic) bond motifs is 3. The van der Waals surface area contributed by atoms with Gasteiger partial charge < -0.3 is 25.4 Å². The highest BCUT2D eigenvalue weighted by Gasteiger charge is 2.32. The summed E-state index contributed by atoms with van der Waals surface area (Å²) in [6, 6.07) is 4.90. The molecule has 2 aliphatic rings. The average molecular weight is 479 g/mol. The number of hydrogen-bond donors (Lipinski definition) is 2. The van der Waals surface area contributed by atoms with Gasteiger partial charge in [0.25, 0.3) is 5.56 Å². The Balaban J connectivity index is 1.57. The zero-order chi connectivity index (χ0) is 24.6. The maximum Gasteiger partial charge on any atom is 0.281 e. The normalized spacial score (nSPS) is 18.3. The summed E-state index contributed by atoms with van der Waals surface area (Å²) < 4.78 is 36.7. The van der Waals surface area contributed by atoms with Crippen molar-refractivity contribution in [3.8, 4) is 11.1 Å². The van der Waals surface area contributed by atoms with E-state index in [1.807, 2.05) is 0 Å². The molecule has 0 unspecified atom stereocenters. The van der Waals surface area contributed by atoms with E-state index in [1.165, 1.54) is 0 Å². The van der Waals surface area contributed by atoms with Gasteiger partial charge in [-0.3, -0.25) is 9.59 Å². The molecule has 1 amide bonds. The average Bonchev–Trinajstić information content (AvgIpc) is 3.49. The molecule has 1 saturated heterocycles. The highest BCUT2D eigenvalue weighted by atomic mass is 19.1. The Bertz CT molecular complexity index is 1600. The van der Waals surface area contributed by atoms with Crippen LogP contribution in [0.15, 0.2) is 33.5 Å².